The molecular weight excluding hydrogens is 348 g/mol. The lowest BCUT2D eigenvalue weighted by Crippen LogP contribution is -2.15. The summed E-state index contributed by atoms with van der Waals surface area (Å²) in [6, 6.07) is 10.8. The van der Waals surface area contributed by atoms with Crippen LogP contribution in [0.2, 0.25) is 0 Å². The van der Waals surface area contributed by atoms with Gasteiger partial charge < -0.3 is 24.1 Å². The minimum Gasteiger partial charge on any atom is -0.504 e. The van der Waals surface area contributed by atoms with Crippen LogP contribution in [-0.2, 0) is 16.0 Å². The van der Waals surface area contributed by atoms with Crippen LogP contribution < -0.4 is 14.2 Å². The van der Waals surface area contributed by atoms with E-state index in [9.17, 15) is 9.90 Å². The van der Waals surface area contributed by atoms with Gasteiger partial charge in [0.2, 0.25) is 0 Å². The molecule has 1 N–H and O–H groups in total. The predicted molar refractivity (Wildman–Crippen MR) is 98.2 cm³/mol. The van der Waals surface area contributed by atoms with Crippen LogP contribution >= 0.6 is 0 Å². The number of hydrogen-bond acceptors (Lipinski definition) is 6. The number of rotatable bonds is 4. The van der Waals surface area contributed by atoms with Crippen molar-refractivity contribution in [3.63, 3.8) is 0 Å². The molecule has 2 aromatic carbocycles. The van der Waals surface area contributed by atoms with Gasteiger partial charge >= 0.3 is 5.97 Å². The number of cyclic esters (lactones) is 1. The highest BCUT2D eigenvalue weighted by Gasteiger charge is 2.31. The van der Waals surface area contributed by atoms with Crippen molar-refractivity contribution in [1.29, 1.82) is 0 Å². The maximum Gasteiger partial charge on any atom is 0.334 e. The van der Waals surface area contributed by atoms with E-state index in [0.717, 1.165) is 17.1 Å². The summed E-state index contributed by atoms with van der Waals surface area (Å²) in [6.45, 7) is 1.42. The van der Waals surface area contributed by atoms with Crippen LogP contribution in [0, 0.1) is 5.92 Å². The van der Waals surface area contributed by atoms with Crippen LogP contribution in [0.25, 0.3) is 6.08 Å². The zero-order chi connectivity index (χ0) is 18.8. The van der Waals surface area contributed by atoms with E-state index >= 15 is 0 Å². The molecule has 1 saturated heterocycles. The van der Waals surface area contributed by atoms with Crippen molar-refractivity contribution >= 4 is 12.0 Å². The second kappa shape index (κ2) is 7.23. The van der Waals surface area contributed by atoms with Crippen LogP contribution in [0.15, 0.2) is 42.0 Å². The number of fused-ring (bicyclic) bond motifs is 1. The molecular formula is C21H20O6. The first-order chi connectivity index (χ1) is 13.1. The van der Waals surface area contributed by atoms with Crippen molar-refractivity contribution in [2.45, 2.75) is 6.42 Å². The fraction of sp³-hybridized carbons (Fsp3) is 0.286. The third-order valence-corrected chi connectivity index (χ3v) is 4.70. The summed E-state index contributed by atoms with van der Waals surface area (Å²) in [5.74, 6) is 1.50. The predicted octanol–water partition coefficient (Wildman–Crippen LogP) is 2.97. The third-order valence-electron chi connectivity index (χ3n) is 4.70. The molecule has 0 amide bonds. The zero-order valence-corrected chi connectivity index (χ0v) is 14.9. The molecule has 2 aromatic rings. The summed E-state index contributed by atoms with van der Waals surface area (Å²) >= 11 is 0. The van der Waals surface area contributed by atoms with Gasteiger partial charge in [0.05, 0.1) is 13.7 Å². The quantitative estimate of drug-likeness (QED) is 0.661. The molecule has 4 rings (SSSR count). The standard InChI is InChI=1S/C21H20O6/c1-24-18-4-2-14(10-17(18)22)9-16-15(12-27-21(16)23)8-13-3-5-19-20(11-13)26-7-6-25-19/h2-5,9-11,15,22H,6-8,12H2,1H3/t15-/m0/s1. The summed E-state index contributed by atoms with van der Waals surface area (Å²) < 4.78 is 21.5. The molecule has 27 heavy (non-hydrogen) atoms. The number of carbonyl (C=O) groups excluding carboxylic acids is 1. The Labute approximate surface area is 156 Å². The molecule has 1 atom stereocenters. The summed E-state index contributed by atoms with van der Waals surface area (Å²) in [5.41, 5.74) is 2.36. The fourth-order valence-electron chi connectivity index (χ4n) is 3.34. The monoisotopic (exact) mass is 368 g/mol. The average molecular weight is 368 g/mol. The number of aromatic hydroxyl groups is 1. The lowest BCUT2D eigenvalue weighted by atomic mass is 9.92. The van der Waals surface area contributed by atoms with Gasteiger partial charge in [-0.15, -0.1) is 0 Å². The van der Waals surface area contributed by atoms with Gasteiger partial charge in [-0.2, -0.15) is 0 Å². The van der Waals surface area contributed by atoms with Gasteiger partial charge in [0, 0.05) is 11.5 Å². The molecule has 0 spiro atoms. The van der Waals surface area contributed by atoms with Gasteiger partial charge in [-0.3, -0.25) is 0 Å². The normalized spacial score (nSPS) is 19.8. The molecule has 1 fully saturated rings. The van der Waals surface area contributed by atoms with Crippen molar-refractivity contribution in [2.75, 3.05) is 26.9 Å². The number of phenols is 1. The highest BCUT2D eigenvalue weighted by molar-refractivity contribution is 5.96. The number of phenolic OH excluding ortho intramolecular Hbond substituents is 1. The van der Waals surface area contributed by atoms with Crippen molar-refractivity contribution in [1.82, 2.24) is 0 Å². The third kappa shape index (κ3) is 3.56. The Balaban J connectivity index is 1.57. The maximum absolute atomic E-state index is 12.2. The first kappa shape index (κ1) is 17.3. The molecule has 2 aliphatic heterocycles. The molecule has 0 aliphatic carbocycles. The average Bonchev–Trinajstić information content (AvgIpc) is 3.01. The minimum atomic E-state index is -0.326. The molecule has 140 valence electrons. The van der Waals surface area contributed by atoms with E-state index in [4.69, 9.17) is 18.9 Å². The Morgan fingerprint density at radius 3 is 2.70 bits per heavy atom. The first-order valence-electron chi connectivity index (χ1n) is 8.78. The summed E-state index contributed by atoms with van der Waals surface area (Å²) in [4.78, 5) is 12.2. The fourth-order valence-corrected chi connectivity index (χ4v) is 3.34. The Morgan fingerprint density at radius 2 is 1.93 bits per heavy atom. The summed E-state index contributed by atoms with van der Waals surface area (Å²) in [7, 11) is 1.49. The highest BCUT2D eigenvalue weighted by atomic mass is 16.6. The van der Waals surface area contributed by atoms with Gasteiger partial charge in [0.1, 0.15) is 13.2 Å². The van der Waals surface area contributed by atoms with E-state index in [0.29, 0.717) is 43.1 Å². The van der Waals surface area contributed by atoms with Crippen molar-refractivity contribution in [3.05, 3.63) is 53.1 Å². The number of carbonyl (C=O) groups is 1. The lowest BCUT2D eigenvalue weighted by Gasteiger charge is -2.19. The molecule has 0 aromatic heterocycles. The summed E-state index contributed by atoms with van der Waals surface area (Å²) in [5, 5.41) is 9.95. The molecule has 6 heteroatoms. The van der Waals surface area contributed by atoms with E-state index in [1.807, 2.05) is 18.2 Å². The molecule has 6 nitrogen and oxygen atoms in total. The number of hydrogen-bond donors (Lipinski definition) is 1. The van der Waals surface area contributed by atoms with Crippen molar-refractivity contribution < 1.29 is 28.8 Å². The second-order valence-corrected chi connectivity index (χ2v) is 6.51. The van der Waals surface area contributed by atoms with E-state index < -0.39 is 0 Å². The number of methoxy groups -OCH3 is 1. The molecule has 0 bridgehead atoms. The van der Waals surface area contributed by atoms with E-state index in [1.165, 1.54) is 7.11 Å². The molecule has 0 unspecified atom stereocenters. The SMILES string of the molecule is COc1ccc(C=C2C(=O)OC[C@@H]2Cc2ccc3c(c2)OCCO3)cc1O. The first-order valence-corrected chi connectivity index (χ1v) is 8.78. The second-order valence-electron chi connectivity index (χ2n) is 6.51. The van der Waals surface area contributed by atoms with Crippen LogP contribution in [0.3, 0.4) is 0 Å². The zero-order valence-electron chi connectivity index (χ0n) is 14.9. The van der Waals surface area contributed by atoms with Gasteiger partial charge in [-0.25, -0.2) is 4.79 Å². The Morgan fingerprint density at radius 1 is 1.11 bits per heavy atom. The van der Waals surface area contributed by atoms with Gasteiger partial charge in [0.25, 0.3) is 0 Å². The Bertz CT molecular complexity index is 902. The van der Waals surface area contributed by atoms with E-state index in [-0.39, 0.29) is 17.6 Å². The van der Waals surface area contributed by atoms with Gasteiger partial charge in [-0.05, 0) is 47.9 Å². The summed E-state index contributed by atoms with van der Waals surface area (Å²) in [6.07, 6.45) is 2.41. The molecule has 0 radical (unpaired) electrons. The Kier molecular flexibility index (Phi) is 4.62. The van der Waals surface area contributed by atoms with Crippen LogP contribution in [0.5, 0.6) is 23.0 Å². The number of esters is 1. The van der Waals surface area contributed by atoms with Gasteiger partial charge in [-0.1, -0.05) is 12.1 Å². The largest absolute Gasteiger partial charge is 0.504 e. The van der Waals surface area contributed by atoms with Gasteiger partial charge in [0.15, 0.2) is 23.0 Å². The van der Waals surface area contributed by atoms with E-state index in [2.05, 4.69) is 0 Å². The molecule has 2 aliphatic rings. The van der Waals surface area contributed by atoms with Crippen LogP contribution in [0.4, 0.5) is 0 Å². The minimum absolute atomic E-state index is 0.0293. The van der Waals surface area contributed by atoms with Crippen LogP contribution in [0.1, 0.15) is 11.1 Å². The number of ether oxygens (including phenoxy) is 4. The number of benzene rings is 2. The van der Waals surface area contributed by atoms with E-state index in [1.54, 1.807) is 24.3 Å². The topological polar surface area (TPSA) is 74.2 Å². The lowest BCUT2D eigenvalue weighted by molar-refractivity contribution is -0.135. The van der Waals surface area contributed by atoms with Crippen LogP contribution in [-0.4, -0.2) is 38.0 Å². The molecule has 2 heterocycles. The van der Waals surface area contributed by atoms with Crippen molar-refractivity contribution in [3.8, 4) is 23.0 Å². The molecule has 0 saturated carbocycles. The van der Waals surface area contributed by atoms with Crippen molar-refractivity contribution in [2.24, 2.45) is 5.92 Å². The smallest absolute Gasteiger partial charge is 0.334 e. The maximum atomic E-state index is 12.2. The highest BCUT2D eigenvalue weighted by Crippen LogP contribution is 2.34. The Hall–Kier alpha value is -3.15.